The van der Waals surface area contributed by atoms with Crippen LogP contribution in [-0.4, -0.2) is 36.4 Å². The molecule has 1 saturated heterocycles. The number of ether oxygens (including phenoxy) is 1. The van der Waals surface area contributed by atoms with Gasteiger partial charge >= 0.3 is 0 Å². The summed E-state index contributed by atoms with van der Waals surface area (Å²) in [6.45, 7) is 2.26. The van der Waals surface area contributed by atoms with Crippen LogP contribution in [0.15, 0.2) is 24.3 Å². The van der Waals surface area contributed by atoms with Crippen molar-refractivity contribution in [3.8, 4) is 5.75 Å². The first-order chi connectivity index (χ1) is 8.60. The summed E-state index contributed by atoms with van der Waals surface area (Å²) in [5.74, 6) is 0.607. The normalized spacial score (nSPS) is 19.7. The van der Waals surface area contributed by atoms with Crippen molar-refractivity contribution in [3.63, 3.8) is 0 Å². The Morgan fingerprint density at radius 2 is 2.00 bits per heavy atom. The lowest BCUT2D eigenvalue weighted by atomic mass is 10.1. The highest BCUT2D eigenvalue weighted by Crippen LogP contribution is 2.14. The predicted molar refractivity (Wildman–Crippen MR) is 66.0 cm³/mol. The van der Waals surface area contributed by atoms with Crippen LogP contribution in [0.1, 0.15) is 12.5 Å². The van der Waals surface area contributed by atoms with E-state index in [0.717, 1.165) is 11.3 Å². The van der Waals surface area contributed by atoms with Gasteiger partial charge in [-0.15, -0.1) is 0 Å². The SMILES string of the molecule is COc1ccc(CN2CC(=O)N[C@@H](C)C2=O)cc1. The van der Waals surface area contributed by atoms with Gasteiger partial charge in [-0.1, -0.05) is 12.1 Å². The van der Waals surface area contributed by atoms with Gasteiger partial charge in [0.15, 0.2) is 0 Å². The highest BCUT2D eigenvalue weighted by atomic mass is 16.5. The van der Waals surface area contributed by atoms with Gasteiger partial charge in [0, 0.05) is 6.54 Å². The minimum atomic E-state index is -0.440. The standard InChI is InChI=1S/C13H16N2O3/c1-9-13(17)15(8-12(16)14-9)7-10-3-5-11(18-2)6-4-10/h3-6,9H,7-8H2,1-2H3,(H,14,16)/t9-/m0/s1. The minimum absolute atomic E-state index is 0.0505. The monoisotopic (exact) mass is 248 g/mol. The average molecular weight is 248 g/mol. The van der Waals surface area contributed by atoms with E-state index in [1.165, 1.54) is 0 Å². The summed E-state index contributed by atoms with van der Waals surface area (Å²) in [5.41, 5.74) is 0.978. The number of nitrogens with one attached hydrogen (secondary N) is 1. The van der Waals surface area contributed by atoms with Crippen LogP contribution in [0.4, 0.5) is 0 Å². The molecule has 0 radical (unpaired) electrons. The lowest BCUT2D eigenvalue weighted by Crippen LogP contribution is -2.56. The third kappa shape index (κ3) is 2.61. The van der Waals surface area contributed by atoms with Crippen molar-refractivity contribution in [2.45, 2.75) is 19.5 Å². The number of nitrogens with zero attached hydrogens (tertiary/aromatic N) is 1. The molecule has 1 aliphatic rings. The van der Waals surface area contributed by atoms with Crippen molar-refractivity contribution in [2.24, 2.45) is 0 Å². The van der Waals surface area contributed by atoms with Gasteiger partial charge in [0.25, 0.3) is 0 Å². The van der Waals surface area contributed by atoms with E-state index in [9.17, 15) is 9.59 Å². The lowest BCUT2D eigenvalue weighted by Gasteiger charge is -2.30. The summed E-state index contributed by atoms with van der Waals surface area (Å²) in [7, 11) is 1.61. The van der Waals surface area contributed by atoms with Crippen LogP contribution in [-0.2, 0) is 16.1 Å². The molecule has 1 aliphatic heterocycles. The number of hydrogen-bond donors (Lipinski definition) is 1. The number of piperazine rings is 1. The molecule has 0 aliphatic carbocycles. The summed E-state index contributed by atoms with van der Waals surface area (Å²) >= 11 is 0. The lowest BCUT2D eigenvalue weighted by molar-refractivity contribution is -0.144. The number of amides is 2. The largest absolute Gasteiger partial charge is 0.497 e. The van der Waals surface area contributed by atoms with Crippen LogP contribution in [0.5, 0.6) is 5.75 Å². The van der Waals surface area contributed by atoms with E-state index in [0.29, 0.717) is 6.54 Å². The molecule has 0 bridgehead atoms. The molecule has 1 N–H and O–H groups in total. The fourth-order valence-corrected chi connectivity index (χ4v) is 1.96. The van der Waals surface area contributed by atoms with Crippen LogP contribution in [0.3, 0.4) is 0 Å². The second-order valence-electron chi connectivity index (χ2n) is 4.33. The van der Waals surface area contributed by atoms with Crippen molar-refractivity contribution in [2.75, 3.05) is 13.7 Å². The van der Waals surface area contributed by atoms with Crippen LogP contribution < -0.4 is 10.1 Å². The van der Waals surface area contributed by atoms with E-state index in [1.54, 1.807) is 18.9 Å². The van der Waals surface area contributed by atoms with E-state index >= 15 is 0 Å². The van der Waals surface area contributed by atoms with Crippen molar-refractivity contribution in [3.05, 3.63) is 29.8 Å². The fraction of sp³-hybridized carbons (Fsp3) is 0.385. The molecule has 2 amide bonds. The molecule has 1 aromatic carbocycles. The van der Waals surface area contributed by atoms with Crippen molar-refractivity contribution in [1.82, 2.24) is 10.2 Å². The Kier molecular flexibility index (Phi) is 3.50. The van der Waals surface area contributed by atoms with Gasteiger partial charge in [0.1, 0.15) is 11.8 Å². The van der Waals surface area contributed by atoms with Gasteiger partial charge in [0.2, 0.25) is 11.8 Å². The molecule has 96 valence electrons. The third-order valence-electron chi connectivity index (χ3n) is 2.93. The summed E-state index contributed by atoms with van der Waals surface area (Å²) in [6.07, 6.45) is 0. The summed E-state index contributed by atoms with van der Waals surface area (Å²) in [5, 5.41) is 2.61. The Balaban J connectivity index is 2.07. The van der Waals surface area contributed by atoms with E-state index in [2.05, 4.69) is 5.32 Å². The molecule has 1 fully saturated rings. The summed E-state index contributed by atoms with van der Waals surface area (Å²) in [6, 6.07) is 7.03. The van der Waals surface area contributed by atoms with E-state index in [1.807, 2.05) is 24.3 Å². The molecule has 2 rings (SSSR count). The Morgan fingerprint density at radius 3 is 2.61 bits per heavy atom. The Labute approximate surface area is 106 Å². The number of rotatable bonds is 3. The number of hydrogen-bond acceptors (Lipinski definition) is 3. The number of carbonyl (C=O) groups excluding carboxylic acids is 2. The predicted octanol–water partition coefficient (Wildman–Crippen LogP) is 0.542. The summed E-state index contributed by atoms with van der Waals surface area (Å²) in [4.78, 5) is 24.8. The average Bonchev–Trinajstić information content (AvgIpc) is 2.36. The Morgan fingerprint density at radius 1 is 1.33 bits per heavy atom. The van der Waals surface area contributed by atoms with Crippen LogP contribution >= 0.6 is 0 Å². The maximum absolute atomic E-state index is 11.9. The quantitative estimate of drug-likeness (QED) is 0.849. The molecule has 1 atom stereocenters. The highest BCUT2D eigenvalue weighted by molar-refractivity contribution is 5.94. The molecule has 5 nitrogen and oxygen atoms in total. The highest BCUT2D eigenvalue weighted by Gasteiger charge is 2.29. The first-order valence-electron chi connectivity index (χ1n) is 5.81. The van der Waals surface area contributed by atoms with Crippen molar-refractivity contribution < 1.29 is 14.3 Å². The zero-order valence-corrected chi connectivity index (χ0v) is 10.5. The molecule has 1 heterocycles. The van der Waals surface area contributed by atoms with Gasteiger partial charge in [-0.25, -0.2) is 0 Å². The smallest absolute Gasteiger partial charge is 0.245 e. The van der Waals surface area contributed by atoms with Gasteiger partial charge < -0.3 is 15.0 Å². The van der Waals surface area contributed by atoms with Gasteiger partial charge in [-0.3, -0.25) is 9.59 Å². The molecule has 5 heteroatoms. The molecule has 0 aromatic heterocycles. The van der Waals surface area contributed by atoms with Crippen LogP contribution in [0.2, 0.25) is 0 Å². The molecule has 0 unspecified atom stereocenters. The van der Waals surface area contributed by atoms with Crippen molar-refractivity contribution in [1.29, 1.82) is 0 Å². The fourth-order valence-electron chi connectivity index (χ4n) is 1.96. The zero-order chi connectivity index (χ0) is 13.1. The molecule has 18 heavy (non-hydrogen) atoms. The number of carbonyl (C=O) groups is 2. The maximum Gasteiger partial charge on any atom is 0.245 e. The zero-order valence-electron chi connectivity index (χ0n) is 10.5. The summed E-state index contributed by atoms with van der Waals surface area (Å²) < 4.78 is 5.07. The Bertz CT molecular complexity index is 456. The topological polar surface area (TPSA) is 58.6 Å². The van der Waals surface area contributed by atoms with Gasteiger partial charge in [0.05, 0.1) is 13.7 Å². The molecular weight excluding hydrogens is 232 g/mol. The first-order valence-corrected chi connectivity index (χ1v) is 5.81. The second kappa shape index (κ2) is 5.08. The molecular formula is C13H16N2O3. The van der Waals surface area contributed by atoms with Crippen LogP contribution in [0, 0.1) is 0 Å². The molecule has 1 aromatic rings. The van der Waals surface area contributed by atoms with Crippen LogP contribution in [0.25, 0.3) is 0 Å². The van der Waals surface area contributed by atoms with Gasteiger partial charge in [-0.05, 0) is 24.6 Å². The second-order valence-corrected chi connectivity index (χ2v) is 4.33. The van der Waals surface area contributed by atoms with E-state index < -0.39 is 6.04 Å². The molecule has 0 spiro atoms. The first kappa shape index (κ1) is 12.4. The van der Waals surface area contributed by atoms with Gasteiger partial charge in [-0.2, -0.15) is 0 Å². The molecule has 0 saturated carbocycles. The van der Waals surface area contributed by atoms with E-state index in [-0.39, 0.29) is 18.4 Å². The van der Waals surface area contributed by atoms with Crippen molar-refractivity contribution >= 4 is 11.8 Å². The Hall–Kier alpha value is -2.04. The van der Waals surface area contributed by atoms with E-state index in [4.69, 9.17) is 4.74 Å². The third-order valence-corrected chi connectivity index (χ3v) is 2.93. The number of methoxy groups -OCH3 is 1. The number of benzene rings is 1. The maximum atomic E-state index is 11.9. The minimum Gasteiger partial charge on any atom is -0.497 e.